The van der Waals surface area contributed by atoms with Gasteiger partial charge in [0.2, 0.25) is 0 Å². The van der Waals surface area contributed by atoms with Gasteiger partial charge in [-0.3, -0.25) is 14.9 Å². The lowest BCUT2D eigenvalue weighted by Gasteiger charge is -2.14. The molecule has 0 aliphatic rings. The topological polar surface area (TPSA) is 91.7 Å². The summed E-state index contributed by atoms with van der Waals surface area (Å²) in [6.07, 6.45) is 0. The first-order valence-corrected chi connectivity index (χ1v) is 7.06. The first-order valence-electron chi connectivity index (χ1n) is 7.06. The molecule has 0 bridgehead atoms. The smallest absolute Gasteiger partial charge is 0.321 e. The fraction of sp³-hybridized carbons (Fsp3) is 0.357. The number of urea groups is 1. The molecule has 1 aromatic rings. The van der Waals surface area contributed by atoms with Crippen LogP contribution in [0.1, 0.15) is 6.92 Å². The van der Waals surface area contributed by atoms with Crippen LogP contribution in [0.5, 0.6) is 0 Å². The highest BCUT2D eigenvalue weighted by Crippen LogP contribution is 2.19. The number of hydrogen-bond acceptors (Lipinski definition) is 3. The van der Waals surface area contributed by atoms with Gasteiger partial charge in [0, 0.05) is 6.54 Å². The Hall–Kier alpha value is -2.62. The number of nitrogens with one attached hydrogen (secondary N) is 4. The summed E-state index contributed by atoms with van der Waals surface area (Å²) in [6, 6.07) is 0.927. The molecule has 1 rings (SSSR count). The van der Waals surface area contributed by atoms with Crippen LogP contribution in [-0.4, -0.2) is 44.5 Å². The van der Waals surface area contributed by atoms with E-state index in [1.807, 2.05) is 0 Å². The molecule has 4 N–H and O–H groups in total. The van der Waals surface area contributed by atoms with E-state index < -0.39 is 41.0 Å². The normalized spacial score (nSPS) is 11.5. The predicted molar refractivity (Wildman–Crippen MR) is 78.8 cm³/mol. The van der Waals surface area contributed by atoms with Crippen LogP contribution in [0.3, 0.4) is 0 Å². The Morgan fingerprint density at radius 2 is 1.67 bits per heavy atom. The summed E-state index contributed by atoms with van der Waals surface area (Å²) in [7, 11) is 1.50. The summed E-state index contributed by atoms with van der Waals surface area (Å²) in [5, 5.41) is 6.53. The Morgan fingerprint density at radius 3 is 2.29 bits per heavy atom. The average molecular weight is 347 g/mol. The molecule has 0 aromatic heterocycles. The van der Waals surface area contributed by atoms with Gasteiger partial charge in [0.1, 0.15) is 0 Å². The second-order valence-corrected chi connectivity index (χ2v) is 4.99. The van der Waals surface area contributed by atoms with Crippen LogP contribution in [0.4, 0.5) is 23.7 Å². The summed E-state index contributed by atoms with van der Waals surface area (Å²) < 4.78 is 39.3. The summed E-state index contributed by atoms with van der Waals surface area (Å²) in [4.78, 5) is 34.8. The maximum atomic E-state index is 13.4. The van der Waals surface area contributed by atoms with Crippen molar-refractivity contribution in [3.8, 4) is 0 Å². The number of likely N-dealkylation sites (N-methyl/N-ethyl adjacent to an activating group) is 1. The summed E-state index contributed by atoms with van der Waals surface area (Å²) in [5.41, 5.74) is -0.501. The third-order valence-electron chi connectivity index (χ3n) is 2.82. The molecule has 7 nitrogen and oxygen atoms in total. The lowest BCUT2D eigenvalue weighted by molar-refractivity contribution is -0.862. The largest absolute Gasteiger partial charge is 0.338 e. The van der Waals surface area contributed by atoms with E-state index in [-0.39, 0.29) is 13.1 Å². The molecule has 0 saturated heterocycles. The van der Waals surface area contributed by atoms with Gasteiger partial charge in [0.15, 0.2) is 30.5 Å². The van der Waals surface area contributed by atoms with E-state index in [0.717, 1.165) is 6.07 Å². The lowest BCUT2D eigenvalue weighted by atomic mass is 10.2. The molecular formula is C14H18F3N4O3+. The van der Waals surface area contributed by atoms with Crippen LogP contribution in [0, 0.1) is 17.5 Å². The zero-order valence-electron chi connectivity index (χ0n) is 13.1. The summed E-state index contributed by atoms with van der Waals surface area (Å²) >= 11 is 0. The molecule has 0 radical (unpaired) electrons. The molecule has 24 heavy (non-hydrogen) atoms. The highest BCUT2D eigenvalue weighted by molar-refractivity contribution is 5.95. The van der Waals surface area contributed by atoms with Gasteiger partial charge >= 0.3 is 6.03 Å². The molecule has 0 spiro atoms. The van der Waals surface area contributed by atoms with Crippen LogP contribution in [0.15, 0.2) is 12.1 Å². The molecule has 0 aliphatic heterocycles. The molecule has 132 valence electrons. The van der Waals surface area contributed by atoms with Crippen molar-refractivity contribution in [2.75, 3.05) is 32.0 Å². The molecule has 0 fully saturated rings. The minimum absolute atomic E-state index is 0.190. The zero-order chi connectivity index (χ0) is 18.3. The maximum absolute atomic E-state index is 13.4. The third-order valence-corrected chi connectivity index (χ3v) is 2.82. The summed E-state index contributed by atoms with van der Waals surface area (Å²) in [6.45, 7) is 1.60. The number of benzene rings is 1. The van der Waals surface area contributed by atoms with E-state index >= 15 is 0 Å². The number of rotatable bonds is 6. The minimum atomic E-state index is -1.69. The fourth-order valence-electron chi connectivity index (χ4n) is 1.80. The van der Waals surface area contributed by atoms with Crippen LogP contribution in [0.2, 0.25) is 0 Å². The van der Waals surface area contributed by atoms with Gasteiger partial charge in [0.05, 0.1) is 12.7 Å². The number of carbonyl (C=O) groups is 3. The van der Waals surface area contributed by atoms with E-state index in [0.29, 0.717) is 17.5 Å². The lowest BCUT2D eigenvalue weighted by Crippen LogP contribution is -3.11. The molecule has 0 saturated carbocycles. The Kier molecular flexibility index (Phi) is 7.18. The molecular weight excluding hydrogens is 329 g/mol. The average Bonchev–Trinajstić information content (AvgIpc) is 2.47. The van der Waals surface area contributed by atoms with Gasteiger partial charge in [-0.25, -0.2) is 18.0 Å². The van der Waals surface area contributed by atoms with Crippen LogP contribution in [0.25, 0.3) is 0 Å². The van der Waals surface area contributed by atoms with E-state index in [2.05, 4.69) is 16.0 Å². The molecule has 0 aliphatic carbocycles. The molecule has 1 unspecified atom stereocenters. The fourth-order valence-corrected chi connectivity index (χ4v) is 1.80. The van der Waals surface area contributed by atoms with Crippen LogP contribution in [-0.2, 0) is 9.59 Å². The zero-order valence-corrected chi connectivity index (χ0v) is 13.1. The van der Waals surface area contributed by atoms with Crippen molar-refractivity contribution in [1.29, 1.82) is 0 Å². The monoisotopic (exact) mass is 347 g/mol. The number of amides is 4. The van der Waals surface area contributed by atoms with Crippen molar-refractivity contribution >= 4 is 23.5 Å². The Balaban J connectivity index is 2.51. The number of hydrogen-bond donors (Lipinski definition) is 4. The first kappa shape index (κ1) is 19.4. The van der Waals surface area contributed by atoms with E-state index in [1.54, 1.807) is 6.92 Å². The molecule has 10 heteroatoms. The molecule has 1 atom stereocenters. The number of halogens is 3. The van der Waals surface area contributed by atoms with Crippen molar-refractivity contribution in [1.82, 2.24) is 10.6 Å². The SMILES string of the molecule is CCNC(=O)NC(=O)C[NH+](C)CC(=O)Nc1ccc(F)c(F)c1F. The van der Waals surface area contributed by atoms with Gasteiger partial charge in [-0.2, -0.15) is 0 Å². The maximum Gasteiger partial charge on any atom is 0.321 e. The van der Waals surface area contributed by atoms with Gasteiger partial charge in [-0.1, -0.05) is 0 Å². The van der Waals surface area contributed by atoms with Crippen LogP contribution < -0.4 is 20.9 Å². The van der Waals surface area contributed by atoms with Crippen molar-refractivity contribution in [3.63, 3.8) is 0 Å². The van der Waals surface area contributed by atoms with Gasteiger partial charge in [0.25, 0.3) is 11.8 Å². The quantitative estimate of drug-likeness (QED) is 0.518. The van der Waals surface area contributed by atoms with E-state index in [9.17, 15) is 27.6 Å². The third kappa shape index (κ3) is 5.88. The summed E-state index contributed by atoms with van der Waals surface area (Å²) in [5.74, 6) is -5.87. The molecule has 1 aromatic carbocycles. The van der Waals surface area contributed by atoms with Gasteiger partial charge in [-0.05, 0) is 19.1 Å². The number of imide groups is 1. The van der Waals surface area contributed by atoms with E-state index in [4.69, 9.17) is 0 Å². The van der Waals surface area contributed by atoms with Crippen molar-refractivity contribution in [3.05, 3.63) is 29.6 Å². The Labute approximate surface area is 136 Å². The standard InChI is InChI=1S/C14H17F3N4O3/c1-3-18-14(24)20-11(23)7-21(2)6-10(22)19-9-5-4-8(15)12(16)13(9)17/h4-5H,3,6-7H2,1-2H3,(H,19,22)(H2,18,20,23,24)/p+1. The predicted octanol–water partition coefficient (Wildman–Crippen LogP) is -0.597. The van der Waals surface area contributed by atoms with Gasteiger partial charge in [-0.15, -0.1) is 0 Å². The number of quaternary nitrogens is 1. The highest BCUT2D eigenvalue weighted by Gasteiger charge is 2.19. The van der Waals surface area contributed by atoms with Crippen LogP contribution >= 0.6 is 0 Å². The first-order chi connectivity index (χ1) is 11.2. The van der Waals surface area contributed by atoms with Gasteiger partial charge < -0.3 is 15.5 Å². The van der Waals surface area contributed by atoms with E-state index in [1.165, 1.54) is 7.05 Å². The second-order valence-electron chi connectivity index (χ2n) is 4.99. The minimum Gasteiger partial charge on any atom is -0.338 e. The number of carbonyl (C=O) groups excluding carboxylic acids is 3. The van der Waals surface area contributed by atoms with Crippen molar-refractivity contribution in [2.45, 2.75) is 6.92 Å². The van der Waals surface area contributed by atoms with Crippen molar-refractivity contribution in [2.24, 2.45) is 0 Å². The highest BCUT2D eigenvalue weighted by atomic mass is 19.2. The number of anilines is 1. The molecule has 0 heterocycles. The second kappa shape index (κ2) is 8.87. The Morgan fingerprint density at radius 1 is 1.04 bits per heavy atom. The van der Waals surface area contributed by atoms with Crippen molar-refractivity contribution < 1.29 is 32.5 Å². The molecule has 4 amide bonds. The Bertz CT molecular complexity index is 640.